The maximum Gasteiger partial charge on any atom is 0.202 e. The van der Waals surface area contributed by atoms with Gasteiger partial charge in [0.2, 0.25) is 5.82 Å². The summed E-state index contributed by atoms with van der Waals surface area (Å²) in [6.07, 6.45) is 1.50. The minimum absolute atomic E-state index is 0.147. The lowest BCUT2D eigenvalue weighted by Crippen LogP contribution is -2.06. The molecule has 0 atom stereocenters. The lowest BCUT2D eigenvalue weighted by molar-refractivity contribution is 0.371. The first kappa shape index (κ1) is 13.9. The van der Waals surface area contributed by atoms with E-state index in [-0.39, 0.29) is 23.1 Å². The summed E-state index contributed by atoms with van der Waals surface area (Å²) in [4.78, 5) is 3.92. The van der Waals surface area contributed by atoms with Gasteiger partial charge < -0.3 is 10.5 Å². The number of halogens is 2. The van der Waals surface area contributed by atoms with Gasteiger partial charge in [-0.05, 0) is 34.7 Å². The van der Waals surface area contributed by atoms with Gasteiger partial charge in [0.25, 0.3) is 0 Å². The monoisotopic (exact) mass is 304 g/mol. The maximum absolute atomic E-state index is 14.2. The highest BCUT2D eigenvalue weighted by Crippen LogP contribution is 2.28. The molecule has 7 nitrogen and oxygen atoms in total. The molecule has 0 aliphatic rings. The molecule has 112 valence electrons. The van der Waals surface area contributed by atoms with Gasteiger partial charge in [-0.1, -0.05) is 0 Å². The van der Waals surface area contributed by atoms with Crippen molar-refractivity contribution in [1.82, 2.24) is 25.2 Å². The number of benzene rings is 1. The number of ether oxygens (including phenoxy) is 1. The third-order valence-corrected chi connectivity index (χ3v) is 3.02. The van der Waals surface area contributed by atoms with Gasteiger partial charge in [-0.25, -0.2) is 9.37 Å². The molecular weight excluding hydrogens is 294 g/mol. The van der Waals surface area contributed by atoms with Crippen molar-refractivity contribution in [2.75, 3.05) is 12.8 Å². The minimum Gasteiger partial charge on any atom is -0.494 e. The quantitative estimate of drug-likeness (QED) is 0.790. The van der Waals surface area contributed by atoms with Crippen molar-refractivity contribution in [3.05, 3.63) is 42.1 Å². The lowest BCUT2D eigenvalue weighted by atomic mass is 10.2. The predicted octanol–water partition coefficient (Wildman–Crippen LogP) is 1.59. The number of aromatic nitrogens is 5. The van der Waals surface area contributed by atoms with Crippen LogP contribution in [0.2, 0.25) is 0 Å². The molecule has 1 aromatic carbocycles. The summed E-state index contributed by atoms with van der Waals surface area (Å²) in [7, 11) is 1.25. The number of methoxy groups -OCH3 is 1. The van der Waals surface area contributed by atoms with Crippen LogP contribution in [0.25, 0.3) is 17.1 Å². The molecule has 0 radical (unpaired) electrons. The first-order valence-electron chi connectivity index (χ1n) is 6.15. The van der Waals surface area contributed by atoms with E-state index in [1.54, 1.807) is 12.1 Å². The Bertz CT molecular complexity index is 835. The summed E-state index contributed by atoms with van der Waals surface area (Å²) in [6.45, 7) is 0. The average molecular weight is 304 g/mol. The molecule has 2 heterocycles. The topological polar surface area (TPSA) is 91.7 Å². The van der Waals surface area contributed by atoms with Crippen molar-refractivity contribution < 1.29 is 13.5 Å². The summed E-state index contributed by atoms with van der Waals surface area (Å²) in [5.74, 6) is -2.14. The highest BCUT2D eigenvalue weighted by atomic mass is 19.2. The molecule has 2 N–H and O–H groups in total. The highest BCUT2D eigenvalue weighted by molar-refractivity contribution is 5.69. The number of nitrogens with zero attached hydrogens (tertiary/aromatic N) is 5. The van der Waals surface area contributed by atoms with Crippen LogP contribution in [0.3, 0.4) is 0 Å². The normalized spacial score (nSPS) is 10.7. The van der Waals surface area contributed by atoms with Crippen molar-refractivity contribution in [1.29, 1.82) is 0 Å². The lowest BCUT2D eigenvalue weighted by Gasteiger charge is -2.09. The molecule has 0 fully saturated rings. The van der Waals surface area contributed by atoms with Gasteiger partial charge in [-0.15, -0.1) is 5.10 Å². The van der Waals surface area contributed by atoms with Crippen molar-refractivity contribution in [2.45, 2.75) is 0 Å². The summed E-state index contributed by atoms with van der Waals surface area (Å²) in [5.41, 5.74) is 6.00. The van der Waals surface area contributed by atoms with E-state index in [1.165, 1.54) is 25.4 Å². The summed E-state index contributed by atoms with van der Waals surface area (Å²) >= 11 is 0. The van der Waals surface area contributed by atoms with E-state index in [9.17, 15) is 8.78 Å². The largest absolute Gasteiger partial charge is 0.494 e. The number of pyridine rings is 1. The minimum atomic E-state index is -1.13. The van der Waals surface area contributed by atoms with E-state index in [4.69, 9.17) is 10.5 Å². The molecule has 0 aliphatic heterocycles. The van der Waals surface area contributed by atoms with E-state index in [0.29, 0.717) is 5.56 Å². The number of anilines is 1. The van der Waals surface area contributed by atoms with Crippen molar-refractivity contribution in [2.24, 2.45) is 0 Å². The van der Waals surface area contributed by atoms with Crippen LogP contribution in [0, 0.1) is 11.6 Å². The zero-order valence-corrected chi connectivity index (χ0v) is 11.4. The van der Waals surface area contributed by atoms with E-state index in [2.05, 4.69) is 20.5 Å². The van der Waals surface area contributed by atoms with Gasteiger partial charge in [0.05, 0.1) is 12.7 Å². The molecule has 9 heteroatoms. The molecule has 3 aromatic rings. The van der Waals surface area contributed by atoms with Crippen LogP contribution in [-0.4, -0.2) is 32.3 Å². The van der Waals surface area contributed by atoms with E-state index >= 15 is 0 Å². The summed E-state index contributed by atoms with van der Waals surface area (Å²) in [5, 5.41) is 11.0. The van der Waals surface area contributed by atoms with Crippen LogP contribution in [0.15, 0.2) is 30.5 Å². The van der Waals surface area contributed by atoms with Crippen LogP contribution in [0.4, 0.5) is 14.6 Å². The number of rotatable bonds is 3. The Morgan fingerprint density at radius 2 is 2.00 bits per heavy atom. The first-order valence-corrected chi connectivity index (χ1v) is 6.15. The molecular formula is C13H10F2N6O. The van der Waals surface area contributed by atoms with Crippen LogP contribution < -0.4 is 10.5 Å². The maximum atomic E-state index is 14.2. The Balaban J connectivity index is 2.18. The van der Waals surface area contributed by atoms with Crippen molar-refractivity contribution in [3.63, 3.8) is 0 Å². The third-order valence-electron chi connectivity index (χ3n) is 3.02. The molecule has 3 rings (SSSR count). The Morgan fingerprint density at radius 3 is 2.73 bits per heavy atom. The number of nitrogens with two attached hydrogens (primary N) is 1. The summed E-state index contributed by atoms with van der Waals surface area (Å²) in [6, 6.07) is 5.85. The Hall–Kier alpha value is -3.10. The number of tetrazole rings is 1. The fourth-order valence-corrected chi connectivity index (χ4v) is 1.97. The highest BCUT2D eigenvalue weighted by Gasteiger charge is 2.20. The molecule has 0 amide bonds. The predicted molar refractivity (Wildman–Crippen MR) is 73.3 cm³/mol. The van der Waals surface area contributed by atoms with Gasteiger partial charge in [0.1, 0.15) is 11.5 Å². The third kappa shape index (κ3) is 2.12. The molecule has 0 saturated heterocycles. The second kappa shape index (κ2) is 5.35. The van der Waals surface area contributed by atoms with E-state index in [1.807, 2.05) is 0 Å². The van der Waals surface area contributed by atoms with Gasteiger partial charge in [0, 0.05) is 6.20 Å². The molecule has 0 unspecified atom stereocenters. The van der Waals surface area contributed by atoms with Crippen molar-refractivity contribution in [3.8, 4) is 22.8 Å². The van der Waals surface area contributed by atoms with Crippen LogP contribution in [0.1, 0.15) is 0 Å². The van der Waals surface area contributed by atoms with Gasteiger partial charge >= 0.3 is 0 Å². The van der Waals surface area contributed by atoms with Crippen LogP contribution >= 0.6 is 0 Å². The zero-order chi connectivity index (χ0) is 15.7. The standard InChI is InChI=1S/C13H10F2N6O/c1-22-9-5-4-8(10(14)11(9)15)21-13(18-19-20-21)7-3-2-6-17-12(7)16/h2-6H,1H3,(H2,16,17). The second-order valence-corrected chi connectivity index (χ2v) is 4.27. The Kier molecular flexibility index (Phi) is 3.37. The molecule has 0 spiro atoms. The Morgan fingerprint density at radius 1 is 1.18 bits per heavy atom. The zero-order valence-electron chi connectivity index (χ0n) is 11.4. The van der Waals surface area contributed by atoms with Crippen LogP contribution in [0.5, 0.6) is 5.75 Å². The van der Waals surface area contributed by atoms with Crippen molar-refractivity contribution >= 4 is 5.82 Å². The molecule has 0 aliphatic carbocycles. The Labute approximate surface area is 123 Å². The van der Waals surface area contributed by atoms with Gasteiger partial charge in [0.15, 0.2) is 17.4 Å². The fourth-order valence-electron chi connectivity index (χ4n) is 1.97. The number of hydrogen-bond donors (Lipinski definition) is 1. The average Bonchev–Trinajstić information content (AvgIpc) is 2.99. The number of hydrogen-bond acceptors (Lipinski definition) is 6. The molecule has 22 heavy (non-hydrogen) atoms. The molecule has 2 aromatic heterocycles. The second-order valence-electron chi connectivity index (χ2n) is 4.27. The fraction of sp³-hybridized carbons (Fsp3) is 0.0769. The van der Waals surface area contributed by atoms with Gasteiger partial charge in [-0.3, -0.25) is 0 Å². The summed E-state index contributed by atoms with van der Waals surface area (Å²) < 4.78 is 33.8. The SMILES string of the molecule is COc1ccc(-n2nnnc2-c2cccnc2N)c(F)c1F. The van der Waals surface area contributed by atoms with E-state index < -0.39 is 11.6 Å². The van der Waals surface area contributed by atoms with Gasteiger partial charge in [-0.2, -0.15) is 9.07 Å². The number of nitrogen functional groups attached to an aromatic ring is 1. The molecule has 0 saturated carbocycles. The van der Waals surface area contributed by atoms with E-state index in [0.717, 1.165) is 4.68 Å². The van der Waals surface area contributed by atoms with Crippen LogP contribution in [-0.2, 0) is 0 Å². The smallest absolute Gasteiger partial charge is 0.202 e. The molecule has 0 bridgehead atoms. The first-order chi connectivity index (χ1) is 10.6.